The maximum Gasteiger partial charge on any atom is 0.244 e. The van der Waals surface area contributed by atoms with E-state index in [1.807, 2.05) is 0 Å². The molecule has 0 bridgehead atoms. The van der Waals surface area contributed by atoms with Gasteiger partial charge in [-0.1, -0.05) is 19.1 Å². The Morgan fingerprint density at radius 3 is 2.14 bits per heavy atom. The average Bonchev–Trinajstić information content (AvgIpc) is 2.81. The normalized spacial score (nSPS) is 12.1. The fourth-order valence-electron chi connectivity index (χ4n) is 3.68. The zero-order valence-electron chi connectivity index (χ0n) is 21.4. The summed E-state index contributed by atoms with van der Waals surface area (Å²) in [6, 6.07) is 9.04. The fourth-order valence-corrected chi connectivity index (χ4v) is 4.52. The lowest BCUT2D eigenvalue weighted by molar-refractivity contribution is -0.140. The summed E-state index contributed by atoms with van der Waals surface area (Å²) in [7, 11) is -1.03. The van der Waals surface area contributed by atoms with E-state index in [1.54, 1.807) is 20.8 Å². The summed E-state index contributed by atoms with van der Waals surface area (Å²) < 4.78 is 50.3. The predicted octanol–water partition coefficient (Wildman–Crippen LogP) is 2.94. The Kier molecular flexibility index (Phi) is 10.1. The van der Waals surface area contributed by atoms with E-state index in [-0.39, 0.29) is 24.2 Å². The molecular formula is C25H34FN3O6S. The van der Waals surface area contributed by atoms with E-state index in [0.717, 1.165) is 10.6 Å². The second-order valence-corrected chi connectivity index (χ2v) is 10.5. The van der Waals surface area contributed by atoms with Crippen LogP contribution in [0.15, 0.2) is 42.5 Å². The summed E-state index contributed by atoms with van der Waals surface area (Å²) in [5.41, 5.74) is 0.794. The molecule has 198 valence electrons. The minimum Gasteiger partial charge on any atom is -0.493 e. The molecule has 0 aliphatic carbocycles. The van der Waals surface area contributed by atoms with Gasteiger partial charge in [0.05, 0.1) is 26.2 Å². The first-order valence-corrected chi connectivity index (χ1v) is 13.3. The van der Waals surface area contributed by atoms with E-state index >= 15 is 0 Å². The van der Waals surface area contributed by atoms with Crippen molar-refractivity contribution in [1.82, 2.24) is 10.2 Å². The molecule has 0 fully saturated rings. The van der Waals surface area contributed by atoms with Gasteiger partial charge in [0.25, 0.3) is 0 Å². The number of benzene rings is 2. The molecule has 11 heteroatoms. The molecule has 0 spiro atoms. The first-order valence-electron chi connectivity index (χ1n) is 11.4. The first-order chi connectivity index (χ1) is 16.9. The summed E-state index contributed by atoms with van der Waals surface area (Å²) in [6.45, 7) is 4.81. The number of rotatable bonds is 12. The summed E-state index contributed by atoms with van der Waals surface area (Å²) in [4.78, 5) is 27.9. The smallest absolute Gasteiger partial charge is 0.244 e. The lowest BCUT2D eigenvalue weighted by Crippen LogP contribution is -2.53. The standard InChI is InChI=1S/C25H34FN3O6S/c1-7-21(25(31)27-17(2)3)28(15-18-8-10-19(26)11-9-18)24(30)16-29(36(6,32)33)20-12-13-22(34-4)23(14-20)35-5/h8-14,17,21H,7,15-16H2,1-6H3,(H,27,31)/t21-/m1/s1. The van der Waals surface area contributed by atoms with Crippen LogP contribution in [0.3, 0.4) is 0 Å². The third-order valence-electron chi connectivity index (χ3n) is 5.42. The molecule has 2 amide bonds. The largest absolute Gasteiger partial charge is 0.493 e. The van der Waals surface area contributed by atoms with E-state index in [2.05, 4.69) is 5.32 Å². The number of nitrogens with one attached hydrogen (secondary N) is 1. The molecule has 0 saturated carbocycles. The number of methoxy groups -OCH3 is 2. The van der Waals surface area contributed by atoms with E-state index in [1.165, 1.54) is 61.6 Å². The Morgan fingerprint density at radius 1 is 1.03 bits per heavy atom. The molecule has 0 saturated heterocycles. The summed E-state index contributed by atoms with van der Waals surface area (Å²) >= 11 is 0. The maximum absolute atomic E-state index is 13.6. The van der Waals surface area contributed by atoms with Crippen LogP contribution < -0.4 is 19.1 Å². The average molecular weight is 524 g/mol. The van der Waals surface area contributed by atoms with Crippen LogP contribution in [-0.4, -0.2) is 64.2 Å². The highest BCUT2D eigenvalue weighted by atomic mass is 32.2. The van der Waals surface area contributed by atoms with Gasteiger partial charge >= 0.3 is 0 Å². The van der Waals surface area contributed by atoms with Crippen molar-refractivity contribution in [3.63, 3.8) is 0 Å². The number of carbonyl (C=O) groups is 2. The number of halogens is 1. The Balaban J connectivity index is 2.48. The molecular weight excluding hydrogens is 489 g/mol. The topological polar surface area (TPSA) is 105 Å². The zero-order valence-corrected chi connectivity index (χ0v) is 22.3. The minimum atomic E-state index is -3.90. The molecule has 0 aliphatic rings. The maximum atomic E-state index is 13.6. The van der Waals surface area contributed by atoms with Crippen LogP contribution in [-0.2, 0) is 26.2 Å². The van der Waals surface area contributed by atoms with Gasteiger partial charge in [0.2, 0.25) is 21.8 Å². The van der Waals surface area contributed by atoms with Crippen LogP contribution >= 0.6 is 0 Å². The fraction of sp³-hybridized carbons (Fsp3) is 0.440. The molecule has 0 heterocycles. The van der Waals surface area contributed by atoms with Gasteiger partial charge in [-0.05, 0) is 50.1 Å². The highest BCUT2D eigenvalue weighted by Crippen LogP contribution is 2.32. The summed E-state index contributed by atoms with van der Waals surface area (Å²) in [5.74, 6) is -0.694. The Bertz CT molecular complexity index is 1150. The van der Waals surface area contributed by atoms with Gasteiger partial charge in [0, 0.05) is 18.7 Å². The van der Waals surface area contributed by atoms with Crippen LogP contribution in [0.25, 0.3) is 0 Å². The Morgan fingerprint density at radius 2 is 1.64 bits per heavy atom. The molecule has 0 unspecified atom stereocenters. The molecule has 2 aromatic carbocycles. The van der Waals surface area contributed by atoms with Crippen molar-refractivity contribution in [2.24, 2.45) is 0 Å². The monoisotopic (exact) mass is 523 g/mol. The van der Waals surface area contributed by atoms with Crippen molar-refractivity contribution in [2.45, 2.75) is 45.8 Å². The highest BCUT2D eigenvalue weighted by Gasteiger charge is 2.32. The van der Waals surface area contributed by atoms with Gasteiger partial charge < -0.3 is 19.7 Å². The van der Waals surface area contributed by atoms with Crippen molar-refractivity contribution in [2.75, 3.05) is 31.3 Å². The van der Waals surface area contributed by atoms with E-state index in [9.17, 15) is 22.4 Å². The highest BCUT2D eigenvalue weighted by molar-refractivity contribution is 7.92. The molecule has 2 aromatic rings. The van der Waals surface area contributed by atoms with Crippen molar-refractivity contribution in [3.8, 4) is 11.5 Å². The molecule has 2 rings (SSSR count). The number of sulfonamides is 1. The van der Waals surface area contributed by atoms with Crippen molar-refractivity contribution >= 4 is 27.5 Å². The number of hydrogen-bond donors (Lipinski definition) is 1. The molecule has 1 atom stereocenters. The van der Waals surface area contributed by atoms with Crippen LogP contribution in [0, 0.1) is 5.82 Å². The number of anilines is 1. The van der Waals surface area contributed by atoms with Gasteiger partial charge in [-0.2, -0.15) is 0 Å². The first kappa shape index (κ1) is 28.9. The number of ether oxygens (including phenoxy) is 2. The summed E-state index contributed by atoms with van der Waals surface area (Å²) in [5, 5.41) is 2.81. The lowest BCUT2D eigenvalue weighted by Gasteiger charge is -2.33. The third-order valence-corrected chi connectivity index (χ3v) is 6.56. The van der Waals surface area contributed by atoms with Gasteiger partial charge in [-0.3, -0.25) is 13.9 Å². The van der Waals surface area contributed by atoms with Gasteiger partial charge in [0.1, 0.15) is 18.4 Å². The number of carbonyl (C=O) groups excluding carboxylic acids is 2. The number of amides is 2. The Hall–Kier alpha value is -3.34. The van der Waals surface area contributed by atoms with Crippen molar-refractivity contribution in [1.29, 1.82) is 0 Å². The van der Waals surface area contributed by atoms with Crippen LogP contribution in [0.1, 0.15) is 32.8 Å². The van der Waals surface area contributed by atoms with Gasteiger partial charge in [0.15, 0.2) is 11.5 Å². The van der Waals surface area contributed by atoms with Crippen molar-refractivity contribution < 1.29 is 31.9 Å². The molecule has 36 heavy (non-hydrogen) atoms. The van der Waals surface area contributed by atoms with Crippen molar-refractivity contribution in [3.05, 3.63) is 53.8 Å². The molecule has 0 aliphatic heterocycles. The molecule has 1 N–H and O–H groups in total. The molecule has 0 radical (unpaired) electrons. The third kappa shape index (κ3) is 7.58. The Labute approximate surface area is 212 Å². The molecule has 0 aromatic heterocycles. The number of hydrogen-bond acceptors (Lipinski definition) is 6. The van der Waals surface area contributed by atoms with Crippen LogP contribution in [0.5, 0.6) is 11.5 Å². The summed E-state index contributed by atoms with van der Waals surface area (Å²) in [6.07, 6.45) is 1.28. The SMILES string of the molecule is CC[C@H](C(=O)NC(C)C)N(Cc1ccc(F)cc1)C(=O)CN(c1ccc(OC)c(OC)c1)S(C)(=O)=O. The van der Waals surface area contributed by atoms with E-state index < -0.39 is 34.3 Å². The quantitative estimate of drug-likeness (QED) is 0.459. The minimum absolute atomic E-state index is 0.00727. The van der Waals surface area contributed by atoms with Crippen LogP contribution in [0.4, 0.5) is 10.1 Å². The molecule has 9 nitrogen and oxygen atoms in total. The van der Waals surface area contributed by atoms with E-state index in [4.69, 9.17) is 9.47 Å². The predicted molar refractivity (Wildman–Crippen MR) is 136 cm³/mol. The van der Waals surface area contributed by atoms with Gasteiger partial charge in [-0.15, -0.1) is 0 Å². The van der Waals surface area contributed by atoms with Gasteiger partial charge in [-0.25, -0.2) is 12.8 Å². The second-order valence-electron chi connectivity index (χ2n) is 8.54. The lowest BCUT2D eigenvalue weighted by atomic mass is 10.1. The second kappa shape index (κ2) is 12.6. The zero-order chi connectivity index (χ0) is 27.0. The number of nitrogens with zero attached hydrogens (tertiary/aromatic N) is 2. The van der Waals surface area contributed by atoms with E-state index in [0.29, 0.717) is 23.5 Å². The van der Waals surface area contributed by atoms with Crippen LogP contribution in [0.2, 0.25) is 0 Å².